The SMILES string of the molecule is NCCCCC(NC(=O)C(CC(=O)O)NC(=O)CN)C(=O)NC(CCC(N)=O)C(=O)O. The third-order valence-electron chi connectivity index (χ3n) is 4.09. The van der Waals surface area contributed by atoms with Crippen LogP contribution in [0.2, 0.25) is 0 Å². The molecule has 4 amide bonds. The maximum atomic E-state index is 12.6. The molecular formula is C17H30N6O8. The molecule has 0 heterocycles. The Morgan fingerprint density at radius 3 is 1.84 bits per heavy atom. The van der Waals surface area contributed by atoms with Gasteiger partial charge in [0.25, 0.3) is 0 Å². The second kappa shape index (κ2) is 14.7. The summed E-state index contributed by atoms with van der Waals surface area (Å²) in [5.74, 6) is -6.12. The van der Waals surface area contributed by atoms with Gasteiger partial charge in [0.05, 0.1) is 13.0 Å². The summed E-state index contributed by atoms with van der Waals surface area (Å²) < 4.78 is 0. The Morgan fingerprint density at radius 1 is 0.774 bits per heavy atom. The summed E-state index contributed by atoms with van der Waals surface area (Å²) in [4.78, 5) is 69.8. The standard InChI is InChI=1S/C17H30N6O8/c18-6-2-1-3-9(15(28)23-10(17(30)31)4-5-12(20)24)22-16(29)11(7-14(26)27)21-13(25)8-19/h9-11H,1-8,18-19H2,(H2,20,24)(H,21,25)(H,22,29)(H,23,28)(H,26,27)(H,30,31). The van der Waals surface area contributed by atoms with E-state index >= 15 is 0 Å². The predicted octanol–water partition coefficient (Wildman–Crippen LogP) is -3.65. The highest BCUT2D eigenvalue weighted by Gasteiger charge is 2.30. The van der Waals surface area contributed by atoms with E-state index < -0.39 is 66.7 Å². The number of unbranched alkanes of at least 4 members (excludes halogenated alkanes) is 1. The molecule has 0 aromatic rings. The van der Waals surface area contributed by atoms with Crippen molar-refractivity contribution in [1.29, 1.82) is 0 Å². The topological polar surface area (TPSA) is 257 Å². The molecule has 0 radical (unpaired) electrons. The average molecular weight is 446 g/mol. The molecular weight excluding hydrogens is 416 g/mol. The normalized spacial score (nSPS) is 13.4. The fourth-order valence-electron chi connectivity index (χ4n) is 2.49. The van der Waals surface area contributed by atoms with Crippen LogP contribution in [-0.4, -0.2) is 77.0 Å². The summed E-state index contributed by atoms with van der Waals surface area (Å²) in [6.45, 7) is -0.170. The Labute approximate surface area is 178 Å². The second-order valence-corrected chi connectivity index (χ2v) is 6.67. The van der Waals surface area contributed by atoms with Gasteiger partial charge >= 0.3 is 11.9 Å². The van der Waals surface area contributed by atoms with Crippen molar-refractivity contribution in [1.82, 2.24) is 16.0 Å². The lowest BCUT2D eigenvalue weighted by atomic mass is 10.1. The van der Waals surface area contributed by atoms with Crippen molar-refractivity contribution < 1.29 is 39.0 Å². The van der Waals surface area contributed by atoms with E-state index in [0.717, 1.165) is 0 Å². The van der Waals surface area contributed by atoms with Gasteiger partial charge in [-0.05, 0) is 32.2 Å². The van der Waals surface area contributed by atoms with Crippen molar-refractivity contribution in [2.24, 2.45) is 17.2 Å². The van der Waals surface area contributed by atoms with E-state index in [9.17, 15) is 33.9 Å². The quantitative estimate of drug-likeness (QED) is 0.108. The molecule has 0 aromatic carbocycles. The third kappa shape index (κ3) is 12.1. The molecule has 0 bridgehead atoms. The Bertz CT molecular complexity index is 671. The van der Waals surface area contributed by atoms with Crippen LogP contribution in [0.4, 0.5) is 0 Å². The number of nitrogens with two attached hydrogens (primary N) is 3. The minimum absolute atomic E-state index is 0.0710. The van der Waals surface area contributed by atoms with Gasteiger partial charge in [-0.3, -0.25) is 24.0 Å². The minimum atomic E-state index is -1.50. The number of amides is 4. The van der Waals surface area contributed by atoms with Crippen LogP contribution in [0.3, 0.4) is 0 Å². The van der Waals surface area contributed by atoms with Gasteiger partial charge in [0, 0.05) is 6.42 Å². The highest BCUT2D eigenvalue weighted by Crippen LogP contribution is 2.05. The van der Waals surface area contributed by atoms with Gasteiger partial charge in [-0.2, -0.15) is 0 Å². The van der Waals surface area contributed by atoms with E-state index in [0.29, 0.717) is 19.4 Å². The van der Waals surface area contributed by atoms with Gasteiger partial charge in [0.2, 0.25) is 23.6 Å². The van der Waals surface area contributed by atoms with Crippen molar-refractivity contribution in [2.45, 2.75) is 56.7 Å². The van der Waals surface area contributed by atoms with Crippen LogP contribution in [0.15, 0.2) is 0 Å². The van der Waals surface area contributed by atoms with Crippen LogP contribution >= 0.6 is 0 Å². The summed E-state index contributed by atoms with van der Waals surface area (Å²) in [5, 5.41) is 24.9. The molecule has 0 saturated heterocycles. The first kappa shape index (κ1) is 27.7. The molecule has 31 heavy (non-hydrogen) atoms. The Balaban J connectivity index is 5.38. The molecule has 0 fully saturated rings. The van der Waals surface area contributed by atoms with Crippen LogP contribution < -0.4 is 33.2 Å². The molecule has 0 aromatic heterocycles. The number of carbonyl (C=O) groups excluding carboxylic acids is 4. The van der Waals surface area contributed by atoms with Crippen molar-refractivity contribution >= 4 is 35.6 Å². The highest BCUT2D eigenvalue weighted by atomic mass is 16.4. The summed E-state index contributed by atoms with van der Waals surface area (Å²) in [6, 6.07) is -4.16. The Hall–Kier alpha value is -3.26. The van der Waals surface area contributed by atoms with Crippen LogP contribution in [-0.2, 0) is 28.8 Å². The molecule has 0 aliphatic rings. The average Bonchev–Trinajstić information content (AvgIpc) is 2.68. The van der Waals surface area contributed by atoms with Gasteiger partial charge in [-0.15, -0.1) is 0 Å². The van der Waals surface area contributed by atoms with Crippen molar-refractivity contribution in [2.75, 3.05) is 13.1 Å². The Kier molecular flexibility index (Phi) is 13.1. The van der Waals surface area contributed by atoms with Crippen molar-refractivity contribution in [3.8, 4) is 0 Å². The van der Waals surface area contributed by atoms with Gasteiger partial charge in [-0.25, -0.2) is 4.79 Å². The lowest BCUT2D eigenvalue weighted by Gasteiger charge is -2.24. The molecule has 0 aliphatic heterocycles. The number of aliphatic carboxylic acids is 2. The summed E-state index contributed by atoms with van der Waals surface area (Å²) in [7, 11) is 0. The number of carboxylic acids is 2. The third-order valence-corrected chi connectivity index (χ3v) is 4.09. The zero-order valence-electron chi connectivity index (χ0n) is 17.0. The fourth-order valence-corrected chi connectivity index (χ4v) is 2.49. The lowest BCUT2D eigenvalue weighted by Crippen LogP contribution is -2.56. The molecule has 0 saturated carbocycles. The summed E-state index contributed by atoms with van der Waals surface area (Å²) in [5.41, 5.74) is 15.6. The highest BCUT2D eigenvalue weighted by molar-refractivity contribution is 5.95. The smallest absolute Gasteiger partial charge is 0.326 e. The fraction of sp³-hybridized carbons (Fsp3) is 0.647. The van der Waals surface area contributed by atoms with E-state index in [1.807, 2.05) is 0 Å². The first-order chi connectivity index (χ1) is 14.5. The van der Waals surface area contributed by atoms with Gasteiger partial charge in [-0.1, -0.05) is 0 Å². The van der Waals surface area contributed by atoms with Crippen LogP contribution in [0.5, 0.6) is 0 Å². The lowest BCUT2D eigenvalue weighted by molar-refractivity contribution is -0.143. The number of carboxylic acid groups (broad SMARTS) is 2. The largest absolute Gasteiger partial charge is 0.481 e. The second-order valence-electron chi connectivity index (χ2n) is 6.67. The van der Waals surface area contributed by atoms with Crippen LogP contribution in [0.1, 0.15) is 38.5 Å². The minimum Gasteiger partial charge on any atom is -0.481 e. The molecule has 14 heteroatoms. The Morgan fingerprint density at radius 2 is 1.35 bits per heavy atom. The van der Waals surface area contributed by atoms with Crippen LogP contribution in [0.25, 0.3) is 0 Å². The van der Waals surface area contributed by atoms with Crippen LogP contribution in [0, 0.1) is 0 Å². The number of primary amides is 1. The van der Waals surface area contributed by atoms with E-state index in [4.69, 9.17) is 22.3 Å². The van der Waals surface area contributed by atoms with E-state index in [2.05, 4.69) is 16.0 Å². The maximum absolute atomic E-state index is 12.6. The number of hydrogen-bond donors (Lipinski definition) is 8. The molecule has 0 aliphatic carbocycles. The number of rotatable bonds is 16. The van der Waals surface area contributed by atoms with Crippen molar-refractivity contribution in [3.63, 3.8) is 0 Å². The maximum Gasteiger partial charge on any atom is 0.326 e. The molecule has 11 N–H and O–H groups in total. The summed E-state index contributed by atoms with van der Waals surface area (Å²) in [6.07, 6.45) is -0.327. The summed E-state index contributed by atoms with van der Waals surface area (Å²) >= 11 is 0. The first-order valence-electron chi connectivity index (χ1n) is 9.54. The molecule has 0 rings (SSSR count). The zero-order chi connectivity index (χ0) is 24.0. The number of nitrogens with one attached hydrogen (secondary N) is 3. The first-order valence-corrected chi connectivity index (χ1v) is 9.54. The van der Waals surface area contributed by atoms with E-state index in [1.54, 1.807) is 0 Å². The monoisotopic (exact) mass is 446 g/mol. The molecule has 0 spiro atoms. The molecule has 3 atom stereocenters. The molecule has 3 unspecified atom stereocenters. The van der Waals surface area contributed by atoms with Gasteiger partial charge in [0.1, 0.15) is 18.1 Å². The predicted molar refractivity (Wildman–Crippen MR) is 106 cm³/mol. The molecule has 14 nitrogen and oxygen atoms in total. The van der Waals surface area contributed by atoms with E-state index in [1.165, 1.54) is 0 Å². The van der Waals surface area contributed by atoms with Gasteiger partial charge < -0.3 is 43.4 Å². The van der Waals surface area contributed by atoms with E-state index in [-0.39, 0.29) is 19.3 Å². The zero-order valence-corrected chi connectivity index (χ0v) is 17.0. The van der Waals surface area contributed by atoms with Crippen molar-refractivity contribution in [3.05, 3.63) is 0 Å². The number of carbonyl (C=O) groups is 6. The molecule has 176 valence electrons. The number of hydrogen-bond acceptors (Lipinski definition) is 8. The van der Waals surface area contributed by atoms with Gasteiger partial charge in [0.15, 0.2) is 0 Å².